The minimum absolute atomic E-state index is 0.139. The van der Waals surface area contributed by atoms with Gasteiger partial charge in [0, 0.05) is 16.6 Å². The zero-order valence-electron chi connectivity index (χ0n) is 14.2. The largest absolute Gasteiger partial charge is 0.368 e. The van der Waals surface area contributed by atoms with Crippen molar-refractivity contribution in [3.8, 4) is 11.3 Å². The van der Waals surface area contributed by atoms with Crippen molar-refractivity contribution in [3.63, 3.8) is 0 Å². The Morgan fingerprint density at radius 1 is 1.40 bits per heavy atom. The lowest BCUT2D eigenvalue weighted by Gasteiger charge is -2.32. The van der Waals surface area contributed by atoms with Crippen molar-refractivity contribution < 1.29 is 9.59 Å². The molecule has 0 aliphatic carbocycles. The lowest BCUT2D eigenvalue weighted by Crippen LogP contribution is -2.50. The lowest BCUT2D eigenvalue weighted by atomic mass is 10.0. The number of aryl methyl sites for hydroxylation is 1. The molecule has 1 fully saturated rings. The molecule has 3 N–H and O–H groups in total. The molecule has 0 unspecified atom stereocenters. The summed E-state index contributed by atoms with van der Waals surface area (Å²) in [5, 5.41) is 5.92. The molecule has 0 radical (unpaired) electrons. The number of primary amides is 1. The van der Waals surface area contributed by atoms with E-state index in [0.717, 1.165) is 47.8 Å². The second-order valence-corrected chi connectivity index (χ2v) is 7.33. The molecule has 132 valence electrons. The van der Waals surface area contributed by atoms with E-state index in [4.69, 9.17) is 5.73 Å². The summed E-state index contributed by atoms with van der Waals surface area (Å²) in [6.07, 6.45) is 2.68. The monoisotopic (exact) mass is 358 g/mol. The van der Waals surface area contributed by atoms with Crippen LogP contribution in [0.15, 0.2) is 29.6 Å². The fourth-order valence-electron chi connectivity index (χ4n) is 3.14. The first kappa shape index (κ1) is 17.6. The van der Waals surface area contributed by atoms with Gasteiger partial charge in [0.2, 0.25) is 11.8 Å². The second-order valence-electron chi connectivity index (χ2n) is 6.27. The molecule has 6 nitrogen and oxygen atoms in total. The molecule has 1 saturated heterocycles. The molecular weight excluding hydrogens is 336 g/mol. The molecule has 1 aromatic heterocycles. The van der Waals surface area contributed by atoms with Gasteiger partial charge in [-0.05, 0) is 38.4 Å². The number of thiazole rings is 1. The molecule has 1 atom stereocenters. The molecule has 1 aliphatic rings. The Kier molecular flexibility index (Phi) is 5.45. The Hall–Kier alpha value is -2.25. The van der Waals surface area contributed by atoms with Crippen molar-refractivity contribution in [3.05, 3.63) is 34.7 Å². The zero-order chi connectivity index (χ0) is 17.8. The molecule has 1 aliphatic heterocycles. The third-order valence-electron chi connectivity index (χ3n) is 4.35. The Labute approximate surface area is 151 Å². The molecular formula is C18H22N4O2S. The number of carbonyl (C=O) groups excluding carboxylic acids is 2. The molecule has 0 bridgehead atoms. The maximum atomic E-state index is 12.4. The van der Waals surface area contributed by atoms with Crippen molar-refractivity contribution in [1.29, 1.82) is 0 Å². The first-order valence-electron chi connectivity index (χ1n) is 8.39. The summed E-state index contributed by atoms with van der Waals surface area (Å²) >= 11 is 1.60. The van der Waals surface area contributed by atoms with Gasteiger partial charge in [0.15, 0.2) is 0 Å². The third-order valence-corrected chi connectivity index (χ3v) is 5.12. The number of rotatable bonds is 5. The van der Waals surface area contributed by atoms with E-state index in [1.807, 2.05) is 41.5 Å². The Morgan fingerprint density at radius 3 is 2.96 bits per heavy atom. The molecule has 2 heterocycles. The highest BCUT2D eigenvalue weighted by molar-refractivity contribution is 7.09. The summed E-state index contributed by atoms with van der Waals surface area (Å²) < 4.78 is 0. The summed E-state index contributed by atoms with van der Waals surface area (Å²) in [5.41, 5.74) is 8.05. The minimum Gasteiger partial charge on any atom is -0.368 e. The van der Waals surface area contributed by atoms with E-state index in [2.05, 4.69) is 10.3 Å². The highest BCUT2D eigenvalue weighted by Gasteiger charge is 2.28. The van der Waals surface area contributed by atoms with Crippen molar-refractivity contribution >= 4 is 28.8 Å². The van der Waals surface area contributed by atoms with E-state index in [1.165, 1.54) is 0 Å². The lowest BCUT2D eigenvalue weighted by molar-refractivity contribution is -0.126. The summed E-state index contributed by atoms with van der Waals surface area (Å²) in [5.74, 6) is -0.492. The van der Waals surface area contributed by atoms with Crippen LogP contribution in [-0.4, -0.2) is 40.8 Å². The number of hydrogen-bond acceptors (Lipinski definition) is 5. The van der Waals surface area contributed by atoms with Gasteiger partial charge in [-0.3, -0.25) is 14.5 Å². The van der Waals surface area contributed by atoms with Gasteiger partial charge < -0.3 is 11.1 Å². The summed E-state index contributed by atoms with van der Waals surface area (Å²) in [4.78, 5) is 30.3. The molecule has 0 spiro atoms. The Morgan fingerprint density at radius 2 is 2.24 bits per heavy atom. The van der Waals surface area contributed by atoms with Crippen molar-refractivity contribution in [2.75, 3.05) is 18.4 Å². The van der Waals surface area contributed by atoms with Gasteiger partial charge in [-0.1, -0.05) is 18.6 Å². The van der Waals surface area contributed by atoms with Gasteiger partial charge in [-0.2, -0.15) is 0 Å². The normalized spacial score (nSPS) is 18.0. The maximum Gasteiger partial charge on any atom is 0.238 e. The minimum atomic E-state index is -0.353. The van der Waals surface area contributed by atoms with Crippen LogP contribution in [0.1, 0.15) is 24.3 Å². The van der Waals surface area contributed by atoms with Crippen molar-refractivity contribution in [2.24, 2.45) is 5.73 Å². The fraction of sp³-hybridized carbons (Fsp3) is 0.389. The highest BCUT2D eigenvalue weighted by atomic mass is 32.1. The zero-order valence-corrected chi connectivity index (χ0v) is 15.0. The van der Waals surface area contributed by atoms with Gasteiger partial charge in [0.1, 0.15) is 0 Å². The number of nitrogens with two attached hydrogens (primary N) is 1. The number of likely N-dealkylation sites (tertiary alicyclic amines) is 1. The Balaban J connectivity index is 1.65. The van der Waals surface area contributed by atoms with Crippen LogP contribution in [0.4, 0.5) is 5.69 Å². The number of aromatic nitrogens is 1. The van der Waals surface area contributed by atoms with Crippen molar-refractivity contribution in [2.45, 2.75) is 32.2 Å². The van der Waals surface area contributed by atoms with E-state index in [9.17, 15) is 9.59 Å². The first-order valence-corrected chi connectivity index (χ1v) is 9.26. The molecule has 25 heavy (non-hydrogen) atoms. The number of nitrogens with zero attached hydrogens (tertiary/aromatic N) is 2. The molecule has 1 aromatic carbocycles. The number of benzene rings is 1. The first-order chi connectivity index (χ1) is 12.0. The van der Waals surface area contributed by atoms with Crippen LogP contribution in [-0.2, 0) is 9.59 Å². The van der Waals surface area contributed by atoms with Crippen LogP contribution in [0.5, 0.6) is 0 Å². The van der Waals surface area contributed by atoms with Crippen LogP contribution in [0.3, 0.4) is 0 Å². The second kappa shape index (κ2) is 7.76. The van der Waals surface area contributed by atoms with E-state index in [1.54, 1.807) is 11.3 Å². The van der Waals surface area contributed by atoms with Gasteiger partial charge in [0.05, 0.1) is 23.3 Å². The van der Waals surface area contributed by atoms with Gasteiger partial charge in [-0.15, -0.1) is 11.3 Å². The third kappa shape index (κ3) is 4.43. The molecule has 0 saturated carbocycles. The van der Waals surface area contributed by atoms with Gasteiger partial charge >= 0.3 is 0 Å². The van der Waals surface area contributed by atoms with Gasteiger partial charge in [-0.25, -0.2) is 4.98 Å². The number of piperidine rings is 1. The average molecular weight is 358 g/mol. The number of nitrogens with one attached hydrogen (secondary N) is 1. The molecule has 2 amide bonds. The summed E-state index contributed by atoms with van der Waals surface area (Å²) in [6, 6.07) is 7.28. The quantitative estimate of drug-likeness (QED) is 0.859. The van der Waals surface area contributed by atoms with Crippen LogP contribution in [0, 0.1) is 6.92 Å². The highest BCUT2D eigenvalue weighted by Crippen LogP contribution is 2.24. The molecule has 2 aromatic rings. The van der Waals surface area contributed by atoms with E-state index < -0.39 is 0 Å². The number of hydrogen-bond donors (Lipinski definition) is 2. The topological polar surface area (TPSA) is 88.3 Å². The van der Waals surface area contributed by atoms with Crippen LogP contribution in [0.2, 0.25) is 0 Å². The van der Waals surface area contributed by atoms with E-state index >= 15 is 0 Å². The Bertz CT molecular complexity index is 774. The average Bonchev–Trinajstić information content (AvgIpc) is 3.02. The molecule has 7 heteroatoms. The number of carbonyl (C=O) groups is 2. The predicted molar refractivity (Wildman–Crippen MR) is 99.3 cm³/mol. The summed E-state index contributed by atoms with van der Waals surface area (Å²) in [6.45, 7) is 2.86. The fourth-order valence-corrected chi connectivity index (χ4v) is 3.76. The summed E-state index contributed by atoms with van der Waals surface area (Å²) in [7, 11) is 0. The van der Waals surface area contributed by atoms with Crippen LogP contribution < -0.4 is 11.1 Å². The number of anilines is 1. The standard InChI is InChI=1S/C18H22N4O2S/c1-12-20-15(11-25-12)13-5-4-6-14(9-13)21-17(23)10-22-8-3-2-7-16(22)18(19)24/h4-6,9,11,16H,2-3,7-8,10H2,1H3,(H2,19,24)(H,21,23)/t16-/m1/s1. The van der Waals surface area contributed by atoms with E-state index in [0.29, 0.717) is 0 Å². The van der Waals surface area contributed by atoms with Crippen molar-refractivity contribution in [1.82, 2.24) is 9.88 Å². The SMILES string of the molecule is Cc1nc(-c2cccc(NC(=O)CN3CCCC[C@@H]3C(N)=O)c2)cs1. The smallest absolute Gasteiger partial charge is 0.238 e. The van der Waals surface area contributed by atoms with Crippen LogP contribution >= 0.6 is 11.3 Å². The number of amides is 2. The van der Waals surface area contributed by atoms with Crippen LogP contribution in [0.25, 0.3) is 11.3 Å². The maximum absolute atomic E-state index is 12.4. The van der Waals surface area contributed by atoms with Gasteiger partial charge in [0.25, 0.3) is 0 Å². The predicted octanol–water partition coefficient (Wildman–Crippen LogP) is 2.40. The molecule has 3 rings (SSSR count). The van der Waals surface area contributed by atoms with E-state index in [-0.39, 0.29) is 24.4 Å².